The summed E-state index contributed by atoms with van der Waals surface area (Å²) in [6, 6.07) is 8.98. The molecule has 0 unspecified atom stereocenters. The van der Waals surface area contributed by atoms with Crippen LogP contribution in [-0.4, -0.2) is 25.4 Å². The van der Waals surface area contributed by atoms with Crippen LogP contribution in [0, 0.1) is 12.7 Å². The largest absolute Gasteiger partial charge is 0.296 e. The molecule has 3 aromatic rings. The highest BCUT2D eigenvalue weighted by atomic mass is 32.2. The Morgan fingerprint density at radius 1 is 1.00 bits per heavy atom. The van der Waals surface area contributed by atoms with E-state index in [1.807, 2.05) is 0 Å². The van der Waals surface area contributed by atoms with Gasteiger partial charge in [-0.15, -0.1) is 0 Å². The van der Waals surface area contributed by atoms with Gasteiger partial charge in [-0.3, -0.25) is 4.55 Å². The fraction of sp³-hybridized carbons (Fsp3) is 0.0667. The van der Waals surface area contributed by atoms with Gasteiger partial charge in [0.05, 0.1) is 10.4 Å². The third-order valence-corrected chi connectivity index (χ3v) is 6.12. The van der Waals surface area contributed by atoms with Crippen LogP contribution >= 0.6 is 0 Å². The second-order valence-electron chi connectivity index (χ2n) is 5.24. The molecule has 1 N–H and O–H groups in total. The Hall–Kier alpha value is -2.23. The van der Waals surface area contributed by atoms with Gasteiger partial charge in [-0.2, -0.15) is 8.42 Å². The number of nitrogens with zero attached hydrogens (tertiary/aromatic N) is 1. The van der Waals surface area contributed by atoms with Crippen LogP contribution in [0.15, 0.2) is 58.5 Å². The van der Waals surface area contributed by atoms with Gasteiger partial charge < -0.3 is 0 Å². The second-order valence-corrected chi connectivity index (χ2v) is 8.45. The molecule has 0 fully saturated rings. The Morgan fingerprint density at radius 3 is 2.21 bits per heavy atom. The van der Waals surface area contributed by atoms with E-state index in [1.54, 1.807) is 19.1 Å². The molecule has 1 heterocycles. The number of rotatable bonds is 3. The molecule has 0 bridgehead atoms. The van der Waals surface area contributed by atoms with E-state index in [0.29, 0.717) is 0 Å². The Kier molecular flexibility index (Phi) is 3.74. The summed E-state index contributed by atoms with van der Waals surface area (Å²) >= 11 is 0. The highest BCUT2D eigenvalue weighted by Gasteiger charge is 2.25. The lowest BCUT2D eigenvalue weighted by Crippen LogP contribution is -2.12. The molecule has 3 rings (SSSR count). The molecular formula is C15H12FNO5S2. The molecule has 1 aromatic heterocycles. The zero-order chi connectivity index (χ0) is 17.7. The van der Waals surface area contributed by atoms with Crippen molar-refractivity contribution in [2.45, 2.75) is 16.7 Å². The van der Waals surface area contributed by atoms with Gasteiger partial charge in [0.25, 0.3) is 20.1 Å². The minimum atomic E-state index is -4.73. The molecule has 0 spiro atoms. The minimum absolute atomic E-state index is 0.0513. The fourth-order valence-corrected chi connectivity index (χ4v) is 4.49. The molecule has 9 heteroatoms. The maximum Gasteiger partial charge on any atom is 0.296 e. The molecule has 0 aliphatic heterocycles. The first-order chi connectivity index (χ1) is 11.1. The van der Waals surface area contributed by atoms with E-state index in [1.165, 1.54) is 12.1 Å². The van der Waals surface area contributed by atoms with Gasteiger partial charge in [-0.05, 0) is 37.3 Å². The summed E-state index contributed by atoms with van der Waals surface area (Å²) < 4.78 is 72.0. The number of aromatic nitrogens is 1. The van der Waals surface area contributed by atoms with Crippen molar-refractivity contribution in [2.24, 2.45) is 0 Å². The molecule has 0 radical (unpaired) electrons. The van der Waals surface area contributed by atoms with Gasteiger partial charge in [-0.1, -0.05) is 17.7 Å². The van der Waals surface area contributed by atoms with Gasteiger partial charge in [0, 0.05) is 11.6 Å². The number of halogens is 1. The predicted molar refractivity (Wildman–Crippen MR) is 85.5 cm³/mol. The molecule has 24 heavy (non-hydrogen) atoms. The van der Waals surface area contributed by atoms with Crippen LogP contribution in [0.5, 0.6) is 0 Å². The highest BCUT2D eigenvalue weighted by molar-refractivity contribution is 7.90. The number of hydrogen-bond acceptors (Lipinski definition) is 4. The number of aryl methyl sites for hydroxylation is 1. The van der Waals surface area contributed by atoms with Crippen LogP contribution in [0.25, 0.3) is 10.9 Å². The Labute approximate surface area is 138 Å². The molecule has 6 nitrogen and oxygen atoms in total. The van der Waals surface area contributed by atoms with Gasteiger partial charge in [0.15, 0.2) is 0 Å². The average Bonchev–Trinajstić information content (AvgIpc) is 2.87. The molecular weight excluding hydrogens is 357 g/mol. The number of benzene rings is 2. The monoisotopic (exact) mass is 369 g/mol. The summed E-state index contributed by atoms with van der Waals surface area (Å²) in [6.07, 6.45) is 0.772. The lowest BCUT2D eigenvalue weighted by atomic mass is 10.2. The Morgan fingerprint density at radius 2 is 1.62 bits per heavy atom. The van der Waals surface area contributed by atoms with E-state index < -0.39 is 30.9 Å². The van der Waals surface area contributed by atoms with Crippen LogP contribution in [-0.2, 0) is 20.1 Å². The van der Waals surface area contributed by atoms with Gasteiger partial charge in [-0.25, -0.2) is 16.8 Å². The quantitative estimate of drug-likeness (QED) is 0.716. The van der Waals surface area contributed by atoms with Crippen molar-refractivity contribution in [1.82, 2.24) is 3.97 Å². The van der Waals surface area contributed by atoms with Crippen molar-refractivity contribution < 1.29 is 25.8 Å². The summed E-state index contributed by atoms with van der Waals surface area (Å²) in [4.78, 5) is -0.733. The van der Waals surface area contributed by atoms with E-state index in [9.17, 15) is 25.8 Å². The first-order valence-corrected chi connectivity index (χ1v) is 9.59. The van der Waals surface area contributed by atoms with Crippen LogP contribution in [0.4, 0.5) is 4.39 Å². The van der Waals surface area contributed by atoms with Crippen LogP contribution in [0.3, 0.4) is 0 Å². The highest BCUT2D eigenvalue weighted by Crippen LogP contribution is 2.29. The lowest BCUT2D eigenvalue weighted by molar-refractivity contribution is 0.484. The third kappa shape index (κ3) is 2.70. The third-order valence-electron chi connectivity index (χ3n) is 3.55. The van der Waals surface area contributed by atoms with Gasteiger partial charge >= 0.3 is 0 Å². The molecule has 0 aliphatic carbocycles. The van der Waals surface area contributed by atoms with Crippen molar-refractivity contribution in [2.75, 3.05) is 0 Å². The lowest BCUT2D eigenvalue weighted by Gasteiger charge is -2.07. The van der Waals surface area contributed by atoms with E-state index in [4.69, 9.17) is 0 Å². The van der Waals surface area contributed by atoms with Crippen molar-refractivity contribution in [1.29, 1.82) is 0 Å². The first kappa shape index (κ1) is 16.6. The topological polar surface area (TPSA) is 93.4 Å². The number of hydrogen-bond donors (Lipinski definition) is 1. The number of fused-ring (bicyclic) bond motifs is 1. The van der Waals surface area contributed by atoms with E-state index in [2.05, 4.69) is 0 Å². The standard InChI is InChI=1S/C15H12FNO5S2/c1-10-2-5-12(6-3-10)23(18,19)17-9-15(24(20,21)22)13-8-11(16)4-7-14(13)17/h2-9H,1H3,(H,20,21,22). The molecule has 0 saturated heterocycles. The van der Waals surface area contributed by atoms with Gasteiger partial charge in [0.1, 0.15) is 10.7 Å². The van der Waals surface area contributed by atoms with Crippen molar-refractivity contribution in [3.8, 4) is 0 Å². The minimum Gasteiger partial charge on any atom is -0.282 e. The second kappa shape index (κ2) is 5.40. The molecule has 2 aromatic carbocycles. The van der Waals surface area contributed by atoms with E-state index in [0.717, 1.165) is 33.9 Å². The molecule has 0 aliphatic rings. The van der Waals surface area contributed by atoms with E-state index in [-0.39, 0.29) is 15.8 Å². The van der Waals surface area contributed by atoms with Crippen molar-refractivity contribution in [3.05, 3.63) is 60.0 Å². The van der Waals surface area contributed by atoms with E-state index >= 15 is 0 Å². The molecule has 0 amide bonds. The molecule has 126 valence electrons. The van der Waals surface area contributed by atoms with Crippen molar-refractivity contribution >= 4 is 31.0 Å². The van der Waals surface area contributed by atoms with Crippen LogP contribution in [0.2, 0.25) is 0 Å². The summed E-state index contributed by atoms with van der Waals surface area (Å²) in [5.41, 5.74) is 0.802. The van der Waals surface area contributed by atoms with Crippen LogP contribution in [0.1, 0.15) is 5.56 Å². The molecule has 0 atom stereocenters. The zero-order valence-electron chi connectivity index (χ0n) is 12.3. The first-order valence-electron chi connectivity index (χ1n) is 6.71. The fourth-order valence-electron chi connectivity index (χ4n) is 2.37. The normalized spacial score (nSPS) is 12.6. The summed E-state index contributed by atoms with van der Waals surface area (Å²) in [5.74, 6) is -0.752. The van der Waals surface area contributed by atoms with Crippen molar-refractivity contribution in [3.63, 3.8) is 0 Å². The summed E-state index contributed by atoms with van der Waals surface area (Å²) in [7, 11) is -8.84. The maximum atomic E-state index is 13.4. The smallest absolute Gasteiger partial charge is 0.282 e. The molecule has 0 saturated carbocycles. The van der Waals surface area contributed by atoms with Crippen LogP contribution < -0.4 is 0 Å². The summed E-state index contributed by atoms with van der Waals surface area (Å²) in [6.45, 7) is 1.79. The Bertz CT molecular complexity index is 1150. The Balaban J connectivity index is 2.36. The van der Waals surface area contributed by atoms with Gasteiger partial charge in [0.2, 0.25) is 0 Å². The predicted octanol–water partition coefficient (Wildman–Crippen LogP) is 2.57. The average molecular weight is 369 g/mol. The SMILES string of the molecule is Cc1ccc(S(=O)(=O)n2cc(S(=O)(=O)O)c3cc(F)ccc32)cc1. The summed E-state index contributed by atoms with van der Waals surface area (Å²) in [5, 5.41) is -0.215. The maximum absolute atomic E-state index is 13.4. The zero-order valence-corrected chi connectivity index (χ0v) is 14.0.